The first-order chi connectivity index (χ1) is 16.2. The molecule has 3 aromatic heterocycles. The van der Waals surface area contributed by atoms with Crippen LogP contribution in [0.1, 0.15) is 0 Å². The average molecular weight is 444 g/mol. The van der Waals surface area contributed by atoms with Crippen LogP contribution in [0.15, 0.2) is 59.7 Å². The number of nitrogens with one attached hydrogen (secondary N) is 4. The highest BCUT2D eigenvalue weighted by Gasteiger charge is 2.16. The van der Waals surface area contributed by atoms with E-state index in [0.717, 1.165) is 31.9 Å². The predicted molar refractivity (Wildman–Crippen MR) is 129 cm³/mol. The van der Waals surface area contributed by atoms with Crippen LogP contribution in [0.4, 0.5) is 28.8 Å². The molecular weight excluding hydrogens is 420 g/mol. The topological polar surface area (TPSA) is 120 Å². The zero-order valence-corrected chi connectivity index (χ0v) is 18.1. The van der Waals surface area contributed by atoms with Crippen molar-refractivity contribution in [1.29, 1.82) is 0 Å². The molecular formula is C23H24N8O2. The van der Waals surface area contributed by atoms with E-state index in [1.807, 2.05) is 36.4 Å². The minimum Gasteiger partial charge on any atom is -0.494 e. The molecule has 5 rings (SSSR count). The molecule has 10 nitrogen and oxygen atoms in total. The molecule has 1 aliphatic heterocycles. The van der Waals surface area contributed by atoms with Gasteiger partial charge in [-0.2, -0.15) is 5.10 Å². The Labute approximate surface area is 190 Å². The molecule has 0 atom stereocenters. The number of aromatic amines is 1. The summed E-state index contributed by atoms with van der Waals surface area (Å²) in [6.45, 7) is 3.77. The van der Waals surface area contributed by atoms with Gasteiger partial charge < -0.3 is 25.6 Å². The van der Waals surface area contributed by atoms with Gasteiger partial charge >= 0.3 is 0 Å². The summed E-state index contributed by atoms with van der Waals surface area (Å²) < 4.78 is 5.66. The van der Waals surface area contributed by atoms with Crippen LogP contribution < -0.4 is 31.1 Å². The van der Waals surface area contributed by atoms with E-state index in [4.69, 9.17) is 4.74 Å². The second-order valence-electron chi connectivity index (χ2n) is 7.61. The van der Waals surface area contributed by atoms with Gasteiger partial charge in [0.05, 0.1) is 24.4 Å². The van der Waals surface area contributed by atoms with E-state index >= 15 is 0 Å². The van der Waals surface area contributed by atoms with Crippen LogP contribution in [-0.2, 0) is 0 Å². The lowest BCUT2D eigenvalue weighted by atomic mass is 10.2. The molecule has 10 heteroatoms. The number of hydrogen-bond donors (Lipinski definition) is 4. The standard InChI is InChI=1S/C23H24N8O2/c1-33-18-13-16(31-10-8-24-9-11-31)5-6-17(18)27-22-21-15(14-26-30-23(21)32)12-20(29-22)28-19-4-2-3-7-25-19/h2-7,12-14,24H,8-11H2,1H3,(H,30,32)(H2,25,27,28,29). The summed E-state index contributed by atoms with van der Waals surface area (Å²) in [5.74, 6) is 2.23. The van der Waals surface area contributed by atoms with Crippen molar-refractivity contribution < 1.29 is 4.74 Å². The van der Waals surface area contributed by atoms with Gasteiger partial charge in [0, 0.05) is 49.5 Å². The Morgan fingerprint density at radius 1 is 1.06 bits per heavy atom. The molecule has 1 aromatic carbocycles. The molecule has 4 heterocycles. The molecule has 0 aliphatic carbocycles. The molecule has 0 saturated carbocycles. The third kappa shape index (κ3) is 4.41. The molecule has 4 N–H and O–H groups in total. The van der Waals surface area contributed by atoms with Crippen molar-refractivity contribution in [3.8, 4) is 5.75 Å². The number of pyridine rings is 2. The van der Waals surface area contributed by atoms with Gasteiger partial charge in [-0.3, -0.25) is 4.79 Å². The average Bonchev–Trinajstić information content (AvgIpc) is 2.85. The number of nitrogens with zero attached hydrogens (tertiary/aromatic N) is 4. The number of benzene rings is 1. The molecule has 0 amide bonds. The number of H-pyrrole nitrogens is 1. The van der Waals surface area contributed by atoms with Gasteiger partial charge in [-0.05, 0) is 30.3 Å². The summed E-state index contributed by atoms with van der Waals surface area (Å²) >= 11 is 0. The van der Waals surface area contributed by atoms with Gasteiger partial charge in [-0.25, -0.2) is 15.1 Å². The number of rotatable bonds is 6. The number of aromatic nitrogens is 4. The molecule has 168 valence electrons. The largest absolute Gasteiger partial charge is 0.494 e. The highest BCUT2D eigenvalue weighted by Crippen LogP contribution is 2.34. The van der Waals surface area contributed by atoms with E-state index in [1.165, 1.54) is 0 Å². The van der Waals surface area contributed by atoms with Crippen LogP contribution in [0.25, 0.3) is 10.8 Å². The number of methoxy groups -OCH3 is 1. The molecule has 1 fully saturated rings. The van der Waals surface area contributed by atoms with Crippen molar-refractivity contribution in [2.45, 2.75) is 0 Å². The number of hydrogen-bond acceptors (Lipinski definition) is 9. The second kappa shape index (κ2) is 9.13. The van der Waals surface area contributed by atoms with Crippen molar-refractivity contribution in [1.82, 2.24) is 25.5 Å². The Kier molecular flexibility index (Phi) is 5.73. The first-order valence-corrected chi connectivity index (χ1v) is 10.7. The lowest BCUT2D eigenvalue weighted by Crippen LogP contribution is -2.43. The van der Waals surface area contributed by atoms with Crippen molar-refractivity contribution in [3.05, 3.63) is 65.2 Å². The predicted octanol–water partition coefficient (Wildman–Crippen LogP) is 2.62. The fraction of sp³-hybridized carbons (Fsp3) is 0.217. The normalized spacial score (nSPS) is 13.7. The summed E-state index contributed by atoms with van der Waals surface area (Å²) in [4.78, 5) is 23.8. The number of piperazine rings is 1. The summed E-state index contributed by atoms with van der Waals surface area (Å²) in [5, 5.41) is 17.3. The van der Waals surface area contributed by atoms with Crippen molar-refractivity contribution in [2.75, 3.05) is 48.8 Å². The first-order valence-electron chi connectivity index (χ1n) is 10.7. The molecule has 33 heavy (non-hydrogen) atoms. The summed E-state index contributed by atoms with van der Waals surface area (Å²) in [6, 6.07) is 13.3. The smallest absolute Gasteiger partial charge is 0.275 e. The van der Waals surface area contributed by atoms with Crippen molar-refractivity contribution in [3.63, 3.8) is 0 Å². The molecule has 1 saturated heterocycles. The van der Waals surface area contributed by atoms with Crippen LogP contribution >= 0.6 is 0 Å². The van der Waals surface area contributed by atoms with Crippen LogP contribution in [0.3, 0.4) is 0 Å². The minimum atomic E-state index is -0.330. The SMILES string of the molecule is COc1cc(N2CCNCC2)ccc1Nc1nc(Nc2ccccn2)cc2cn[nH]c(=O)c12. The van der Waals surface area contributed by atoms with E-state index in [2.05, 4.69) is 41.0 Å². The third-order valence-electron chi connectivity index (χ3n) is 5.49. The highest BCUT2D eigenvalue weighted by molar-refractivity contribution is 5.94. The number of ether oxygens (including phenoxy) is 1. The van der Waals surface area contributed by atoms with E-state index < -0.39 is 0 Å². The maximum absolute atomic E-state index is 12.6. The maximum atomic E-state index is 12.6. The van der Waals surface area contributed by atoms with Crippen molar-refractivity contribution in [2.24, 2.45) is 0 Å². The lowest BCUT2D eigenvalue weighted by Gasteiger charge is -2.30. The Hall–Kier alpha value is -4.18. The van der Waals surface area contributed by atoms with Gasteiger partial charge in [0.2, 0.25) is 0 Å². The van der Waals surface area contributed by atoms with E-state index in [0.29, 0.717) is 39.7 Å². The third-order valence-corrected chi connectivity index (χ3v) is 5.49. The van der Waals surface area contributed by atoms with Gasteiger partial charge in [-0.15, -0.1) is 0 Å². The van der Waals surface area contributed by atoms with Gasteiger partial charge in [-0.1, -0.05) is 6.07 Å². The second-order valence-corrected chi connectivity index (χ2v) is 7.61. The van der Waals surface area contributed by atoms with Gasteiger partial charge in [0.25, 0.3) is 5.56 Å². The zero-order valence-electron chi connectivity index (χ0n) is 18.1. The molecule has 4 aromatic rings. The summed E-state index contributed by atoms with van der Waals surface area (Å²) in [7, 11) is 1.63. The molecule has 0 radical (unpaired) electrons. The number of anilines is 5. The van der Waals surface area contributed by atoms with Crippen LogP contribution in [0, 0.1) is 0 Å². The van der Waals surface area contributed by atoms with Crippen LogP contribution in [0.2, 0.25) is 0 Å². The Balaban J connectivity index is 1.53. The van der Waals surface area contributed by atoms with Gasteiger partial charge in [0.1, 0.15) is 23.2 Å². The summed E-state index contributed by atoms with van der Waals surface area (Å²) in [6.07, 6.45) is 3.29. The maximum Gasteiger partial charge on any atom is 0.275 e. The Morgan fingerprint density at radius 2 is 1.94 bits per heavy atom. The fourth-order valence-electron chi connectivity index (χ4n) is 3.87. The Bertz CT molecular complexity index is 1320. The van der Waals surface area contributed by atoms with Crippen LogP contribution in [0.5, 0.6) is 5.75 Å². The minimum absolute atomic E-state index is 0.330. The fourth-order valence-corrected chi connectivity index (χ4v) is 3.87. The molecule has 0 unspecified atom stereocenters. The molecule has 0 bridgehead atoms. The van der Waals surface area contributed by atoms with E-state index in [-0.39, 0.29) is 5.56 Å². The first kappa shape index (κ1) is 20.7. The highest BCUT2D eigenvalue weighted by atomic mass is 16.5. The summed E-state index contributed by atoms with van der Waals surface area (Å²) in [5.41, 5.74) is 1.46. The van der Waals surface area contributed by atoms with Crippen molar-refractivity contribution >= 4 is 39.6 Å². The molecule has 0 spiro atoms. The lowest BCUT2D eigenvalue weighted by molar-refractivity contribution is 0.416. The van der Waals surface area contributed by atoms with Gasteiger partial charge in [0.15, 0.2) is 0 Å². The number of fused-ring (bicyclic) bond motifs is 1. The monoisotopic (exact) mass is 444 g/mol. The molecule has 1 aliphatic rings. The Morgan fingerprint density at radius 3 is 2.73 bits per heavy atom. The zero-order chi connectivity index (χ0) is 22.6. The van der Waals surface area contributed by atoms with E-state index in [9.17, 15) is 4.79 Å². The quantitative estimate of drug-likeness (QED) is 0.356. The van der Waals surface area contributed by atoms with E-state index in [1.54, 1.807) is 25.6 Å². The van der Waals surface area contributed by atoms with Crippen LogP contribution in [-0.4, -0.2) is 53.5 Å².